The minimum Gasteiger partial charge on any atom is -0.389 e. The fourth-order valence-corrected chi connectivity index (χ4v) is 2.67. The molecule has 1 aliphatic rings. The first-order valence-electron chi connectivity index (χ1n) is 5.94. The Balaban J connectivity index is 2.78. The van der Waals surface area contributed by atoms with Gasteiger partial charge in [0, 0.05) is 18.6 Å². The lowest BCUT2D eigenvalue weighted by atomic mass is 9.66. The van der Waals surface area contributed by atoms with Crippen LogP contribution >= 0.6 is 0 Å². The van der Waals surface area contributed by atoms with Crippen molar-refractivity contribution >= 4 is 0 Å². The van der Waals surface area contributed by atoms with Gasteiger partial charge in [0.25, 0.3) is 0 Å². The zero-order valence-corrected chi connectivity index (χ0v) is 10.3. The summed E-state index contributed by atoms with van der Waals surface area (Å²) in [5.41, 5.74) is 4.91. The number of rotatable bonds is 4. The molecule has 1 fully saturated rings. The lowest BCUT2D eigenvalue weighted by Gasteiger charge is -2.47. The zero-order valence-electron chi connectivity index (χ0n) is 10.3. The second kappa shape index (κ2) is 4.81. The molecular formula is C12H25NO2. The Morgan fingerprint density at radius 3 is 2.60 bits per heavy atom. The van der Waals surface area contributed by atoms with Crippen LogP contribution in [0.1, 0.15) is 40.0 Å². The Bertz CT molecular complexity index is 196. The van der Waals surface area contributed by atoms with Crippen LogP contribution in [0, 0.1) is 11.3 Å². The maximum Gasteiger partial charge on any atom is 0.0712 e. The highest BCUT2D eigenvalue weighted by Crippen LogP contribution is 2.41. The van der Waals surface area contributed by atoms with Gasteiger partial charge in [-0.15, -0.1) is 0 Å². The zero-order chi connectivity index (χ0) is 11.5. The molecule has 0 spiro atoms. The minimum atomic E-state index is -0.712. The van der Waals surface area contributed by atoms with Gasteiger partial charge in [0.1, 0.15) is 0 Å². The van der Waals surface area contributed by atoms with E-state index in [0.29, 0.717) is 19.1 Å². The number of ether oxygens (including phenoxy) is 1. The van der Waals surface area contributed by atoms with Crippen LogP contribution in [-0.4, -0.2) is 30.5 Å². The number of nitrogens with two attached hydrogens (primary N) is 1. The van der Waals surface area contributed by atoms with E-state index in [2.05, 4.69) is 13.8 Å². The molecule has 3 nitrogen and oxygen atoms in total. The van der Waals surface area contributed by atoms with Crippen molar-refractivity contribution in [3.05, 3.63) is 0 Å². The predicted molar refractivity (Wildman–Crippen MR) is 61.6 cm³/mol. The first-order valence-corrected chi connectivity index (χ1v) is 5.94. The standard InChI is InChI=1S/C12H25NO2/c1-10(2)7-11(3,14)12(8-13)5-4-6-15-9-12/h10,14H,4-9,13H2,1-3H3. The van der Waals surface area contributed by atoms with Crippen molar-refractivity contribution in [2.45, 2.75) is 45.6 Å². The molecule has 0 aromatic heterocycles. The summed E-state index contributed by atoms with van der Waals surface area (Å²) < 4.78 is 5.50. The first-order chi connectivity index (χ1) is 6.93. The first kappa shape index (κ1) is 12.9. The molecule has 2 unspecified atom stereocenters. The minimum absolute atomic E-state index is 0.241. The average Bonchev–Trinajstić information content (AvgIpc) is 2.16. The van der Waals surface area contributed by atoms with E-state index >= 15 is 0 Å². The van der Waals surface area contributed by atoms with Gasteiger partial charge in [-0.3, -0.25) is 0 Å². The fourth-order valence-electron chi connectivity index (χ4n) is 2.67. The van der Waals surface area contributed by atoms with Crippen LogP contribution in [0.25, 0.3) is 0 Å². The van der Waals surface area contributed by atoms with Crippen molar-refractivity contribution in [1.82, 2.24) is 0 Å². The van der Waals surface area contributed by atoms with E-state index in [0.717, 1.165) is 25.9 Å². The highest BCUT2D eigenvalue weighted by molar-refractivity contribution is 4.98. The van der Waals surface area contributed by atoms with E-state index in [1.54, 1.807) is 0 Å². The number of hydrogen-bond acceptors (Lipinski definition) is 3. The van der Waals surface area contributed by atoms with Crippen molar-refractivity contribution in [3.8, 4) is 0 Å². The van der Waals surface area contributed by atoms with E-state index in [4.69, 9.17) is 10.5 Å². The van der Waals surface area contributed by atoms with Gasteiger partial charge in [0.2, 0.25) is 0 Å². The average molecular weight is 215 g/mol. The Morgan fingerprint density at radius 2 is 2.20 bits per heavy atom. The quantitative estimate of drug-likeness (QED) is 0.748. The van der Waals surface area contributed by atoms with Crippen LogP contribution < -0.4 is 5.73 Å². The largest absolute Gasteiger partial charge is 0.389 e. The molecule has 2 atom stereocenters. The van der Waals surface area contributed by atoms with Crippen LogP contribution in [0.5, 0.6) is 0 Å². The fraction of sp³-hybridized carbons (Fsp3) is 1.00. The van der Waals surface area contributed by atoms with Gasteiger partial charge in [0.05, 0.1) is 12.2 Å². The summed E-state index contributed by atoms with van der Waals surface area (Å²) in [7, 11) is 0. The van der Waals surface area contributed by atoms with Crippen molar-refractivity contribution in [2.24, 2.45) is 17.1 Å². The van der Waals surface area contributed by atoms with Crippen LogP contribution in [0.2, 0.25) is 0 Å². The van der Waals surface area contributed by atoms with Crippen molar-refractivity contribution in [1.29, 1.82) is 0 Å². The van der Waals surface area contributed by atoms with Gasteiger partial charge in [0.15, 0.2) is 0 Å². The molecule has 0 aromatic rings. The third-order valence-corrected chi connectivity index (χ3v) is 3.66. The van der Waals surface area contributed by atoms with Gasteiger partial charge < -0.3 is 15.6 Å². The molecule has 0 bridgehead atoms. The van der Waals surface area contributed by atoms with Gasteiger partial charge >= 0.3 is 0 Å². The van der Waals surface area contributed by atoms with Gasteiger partial charge in [-0.2, -0.15) is 0 Å². The van der Waals surface area contributed by atoms with Gasteiger partial charge in [-0.1, -0.05) is 13.8 Å². The van der Waals surface area contributed by atoms with Crippen LogP contribution in [0.3, 0.4) is 0 Å². The van der Waals surface area contributed by atoms with Crippen molar-refractivity contribution in [3.63, 3.8) is 0 Å². The lowest BCUT2D eigenvalue weighted by Crippen LogP contribution is -2.55. The van der Waals surface area contributed by atoms with Gasteiger partial charge in [-0.05, 0) is 32.1 Å². The molecule has 0 aromatic carbocycles. The highest BCUT2D eigenvalue weighted by Gasteiger charge is 2.47. The Labute approximate surface area is 93.0 Å². The molecule has 3 N–H and O–H groups in total. The molecule has 1 saturated heterocycles. The third-order valence-electron chi connectivity index (χ3n) is 3.66. The van der Waals surface area contributed by atoms with Crippen LogP contribution in [-0.2, 0) is 4.74 Å². The molecule has 3 heteroatoms. The Morgan fingerprint density at radius 1 is 1.53 bits per heavy atom. The van der Waals surface area contributed by atoms with E-state index in [1.807, 2.05) is 6.92 Å². The molecule has 0 amide bonds. The Hall–Kier alpha value is -0.120. The maximum atomic E-state index is 10.6. The molecule has 0 aliphatic carbocycles. The monoisotopic (exact) mass is 215 g/mol. The maximum absolute atomic E-state index is 10.6. The summed E-state index contributed by atoms with van der Waals surface area (Å²) in [4.78, 5) is 0. The van der Waals surface area contributed by atoms with E-state index in [-0.39, 0.29) is 5.41 Å². The summed E-state index contributed by atoms with van der Waals surface area (Å²) in [5.74, 6) is 0.477. The normalized spacial score (nSPS) is 31.6. The molecule has 1 heterocycles. The van der Waals surface area contributed by atoms with Crippen molar-refractivity contribution in [2.75, 3.05) is 19.8 Å². The molecule has 1 rings (SSSR count). The van der Waals surface area contributed by atoms with E-state index in [9.17, 15) is 5.11 Å². The summed E-state index contributed by atoms with van der Waals surface area (Å²) in [6, 6.07) is 0. The Kier molecular flexibility index (Phi) is 4.15. The predicted octanol–water partition coefficient (Wildman–Crippen LogP) is 1.54. The smallest absolute Gasteiger partial charge is 0.0712 e. The molecule has 0 radical (unpaired) electrons. The number of hydrogen-bond donors (Lipinski definition) is 2. The molecule has 1 aliphatic heterocycles. The third kappa shape index (κ3) is 2.71. The van der Waals surface area contributed by atoms with Crippen LogP contribution in [0.15, 0.2) is 0 Å². The van der Waals surface area contributed by atoms with Crippen molar-refractivity contribution < 1.29 is 9.84 Å². The van der Waals surface area contributed by atoms with Crippen LogP contribution in [0.4, 0.5) is 0 Å². The SMILES string of the molecule is CC(C)CC(C)(O)C1(CN)CCCOC1. The lowest BCUT2D eigenvalue weighted by molar-refractivity contribution is -0.141. The van der Waals surface area contributed by atoms with E-state index in [1.165, 1.54) is 0 Å². The molecular weight excluding hydrogens is 190 g/mol. The molecule has 90 valence electrons. The number of aliphatic hydroxyl groups is 1. The summed E-state index contributed by atoms with van der Waals surface area (Å²) in [5, 5.41) is 10.6. The summed E-state index contributed by atoms with van der Waals surface area (Å²) in [6.45, 7) is 8.08. The van der Waals surface area contributed by atoms with Gasteiger partial charge in [-0.25, -0.2) is 0 Å². The topological polar surface area (TPSA) is 55.5 Å². The molecule has 15 heavy (non-hydrogen) atoms. The summed E-state index contributed by atoms with van der Waals surface area (Å²) >= 11 is 0. The molecule has 0 saturated carbocycles. The second-order valence-electron chi connectivity index (χ2n) is 5.51. The summed E-state index contributed by atoms with van der Waals surface area (Å²) in [6.07, 6.45) is 2.77. The highest BCUT2D eigenvalue weighted by atomic mass is 16.5. The van der Waals surface area contributed by atoms with E-state index < -0.39 is 5.60 Å². The second-order valence-corrected chi connectivity index (χ2v) is 5.51.